The van der Waals surface area contributed by atoms with E-state index in [2.05, 4.69) is 34.1 Å². The Hall–Kier alpha value is -4.80. The zero-order valence-corrected chi connectivity index (χ0v) is 34.5. The van der Waals surface area contributed by atoms with Crippen molar-refractivity contribution in [1.82, 2.24) is 0 Å². The number of aromatic hydroxyl groups is 1. The third-order valence-corrected chi connectivity index (χ3v) is 13.5. The van der Waals surface area contributed by atoms with Crippen LogP contribution < -0.4 is 10.1 Å². The average Bonchev–Trinajstić information content (AvgIpc) is 3.10. The van der Waals surface area contributed by atoms with E-state index in [4.69, 9.17) is 13.8 Å². The van der Waals surface area contributed by atoms with Crippen LogP contribution in [-0.4, -0.2) is 113 Å². The predicted octanol–water partition coefficient (Wildman–Crippen LogP) is 3.11. The molecular formula is C28H29N5O20S6. The number of azo groups is 2. The predicted molar refractivity (Wildman–Crippen MR) is 202 cm³/mol. The van der Waals surface area contributed by atoms with Crippen LogP contribution in [0.5, 0.6) is 11.5 Å². The smallest absolute Gasteiger partial charge is 0.397 e. The number of hydrogen-bond acceptors (Lipinski definition) is 21. The van der Waals surface area contributed by atoms with Gasteiger partial charge in [0, 0.05) is 17.8 Å². The summed E-state index contributed by atoms with van der Waals surface area (Å²) in [5.74, 6) is -3.13. The molecule has 4 aromatic rings. The van der Waals surface area contributed by atoms with Crippen LogP contribution in [-0.2, 0) is 69.1 Å². The van der Waals surface area contributed by atoms with E-state index in [0.717, 1.165) is 43.5 Å². The molecule has 6 N–H and O–H groups in total. The Morgan fingerprint density at radius 1 is 0.576 bits per heavy atom. The lowest BCUT2D eigenvalue weighted by molar-refractivity contribution is 0.282. The van der Waals surface area contributed by atoms with Crippen LogP contribution in [0.15, 0.2) is 94.6 Å². The van der Waals surface area contributed by atoms with Gasteiger partial charge in [-0.1, -0.05) is 0 Å². The molecule has 0 heterocycles. The number of nitrogens with zero attached hydrogens (tertiary/aromatic N) is 4. The number of hydrogen-bond donors (Lipinski definition) is 6. The second-order valence-corrected chi connectivity index (χ2v) is 20.5. The number of phenols is 1. The third kappa shape index (κ3) is 11.9. The highest BCUT2D eigenvalue weighted by molar-refractivity contribution is 7.92. The number of sulfone groups is 2. The molecule has 25 nitrogen and oxygen atoms in total. The van der Waals surface area contributed by atoms with E-state index in [-0.39, 0.29) is 22.1 Å². The number of phenolic OH excluding ortho intramolecular Hbond substituents is 1. The van der Waals surface area contributed by atoms with Crippen molar-refractivity contribution in [2.75, 3.05) is 44.2 Å². The van der Waals surface area contributed by atoms with Crippen LogP contribution in [0.2, 0.25) is 0 Å². The van der Waals surface area contributed by atoms with Gasteiger partial charge in [-0.15, -0.1) is 20.5 Å². The molecule has 0 spiro atoms. The van der Waals surface area contributed by atoms with E-state index in [0.29, 0.717) is 6.07 Å². The second kappa shape index (κ2) is 17.4. The van der Waals surface area contributed by atoms with Gasteiger partial charge in [0.1, 0.15) is 38.3 Å². The molecule has 31 heteroatoms. The highest BCUT2D eigenvalue weighted by Crippen LogP contribution is 2.47. The summed E-state index contributed by atoms with van der Waals surface area (Å²) in [4.78, 5) is -3.40. The van der Waals surface area contributed by atoms with E-state index < -0.39 is 134 Å². The molecule has 0 aliphatic rings. The fraction of sp³-hybridized carbons (Fsp3) is 0.214. The molecule has 0 atom stereocenters. The van der Waals surface area contributed by atoms with Crippen LogP contribution >= 0.6 is 0 Å². The molecule has 4 aromatic carbocycles. The molecule has 0 fully saturated rings. The number of nitrogens with one attached hydrogen (secondary N) is 1. The Kier molecular flexibility index (Phi) is 13.8. The number of rotatable bonds is 18. The molecule has 0 saturated heterocycles. The Balaban J connectivity index is 1.87. The lowest BCUT2D eigenvalue weighted by Gasteiger charge is -2.15. The van der Waals surface area contributed by atoms with Gasteiger partial charge in [0.15, 0.2) is 25.4 Å². The summed E-state index contributed by atoms with van der Waals surface area (Å²) < 4.78 is 195. The Morgan fingerprint density at radius 3 is 1.59 bits per heavy atom. The van der Waals surface area contributed by atoms with Gasteiger partial charge in [-0.05, 0) is 54.6 Å². The fourth-order valence-electron chi connectivity index (χ4n) is 4.89. The Morgan fingerprint density at radius 2 is 1.08 bits per heavy atom. The summed E-state index contributed by atoms with van der Waals surface area (Å²) in [7, 11) is -26.9. The lowest BCUT2D eigenvalue weighted by atomic mass is 10.0. The molecule has 0 aromatic heterocycles. The minimum atomic E-state index is -5.28. The summed E-state index contributed by atoms with van der Waals surface area (Å²) in [5, 5.41) is 28.3. The molecule has 0 aliphatic carbocycles. The molecule has 0 amide bonds. The van der Waals surface area contributed by atoms with Gasteiger partial charge in [-0.25, -0.2) is 25.2 Å². The van der Waals surface area contributed by atoms with Gasteiger partial charge in [0.2, 0.25) is 0 Å². The van der Waals surface area contributed by atoms with Crippen LogP contribution in [0.4, 0.5) is 28.4 Å². The van der Waals surface area contributed by atoms with Gasteiger partial charge in [-0.3, -0.25) is 18.2 Å². The molecule has 0 unspecified atom stereocenters. The normalized spacial score (nSPS) is 13.4. The highest BCUT2D eigenvalue weighted by Gasteiger charge is 2.27. The summed E-state index contributed by atoms with van der Waals surface area (Å²) in [6.45, 7) is -2.05. The van der Waals surface area contributed by atoms with Crippen LogP contribution in [0.25, 0.3) is 10.8 Å². The maximum absolute atomic E-state index is 12.8. The molecular weight excluding hydrogens is 919 g/mol. The Labute approximate surface area is 335 Å². The maximum Gasteiger partial charge on any atom is 0.397 e. The largest absolute Gasteiger partial charge is 0.506 e. The number of benzene rings is 4. The molecule has 0 saturated carbocycles. The summed E-state index contributed by atoms with van der Waals surface area (Å²) >= 11 is 0. The van der Waals surface area contributed by atoms with Crippen molar-refractivity contribution in [3.05, 3.63) is 54.6 Å². The summed E-state index contributed by atoms with van der Waals surface area (Å²) in [6.07, 6.45) is 0. The van der Waals surface area contributed by atoms with Gasteiger partial charge in [-0.2, -0.15) is 33.7 Å². The topological polar surface area (TPSA) is 395 Å². The van der Waals surface area contributed by atoms with Crippen molar-refractivity contribution < 1.29 is 86.9 Å². The van der Waals surface area contributed by atoms with Crippen molar-refractivity contribution in [2.45, 2.75) is 19.6 Å². The molecule has 0 radical (unpaired) electrons. The quantitative estimate of drug-likeness (QED) is 0.0616. The minimum absolute atomic E-state index is 0.0234. The van der Waals surface area contributed by atoms with E-state index in [1.807, 2.05) is 0 Å². The van der Waals surface area contributed by atoms with Crippen molar-refractivity contribution in [3.8, 4) is 11.5 Å². The minimum Gasteiger partial charge on any atom is -0.506 e. The van der Waals surface area contributed by atoms with Crippen molar-refractivity contribution >= 4 is 99.9 Å². The molecule has 322 valence electrons. The standard InChI is InChI=1S/C28H29N5O20S6/c1-29-21-7-5-18-19(26(21)32-30-20-6-3-17(14-24(20)56(39,40)41)55(37,38)12-10-53-59(48,49)50)15-25(57(42,43)44)27(28(18)51-2)33-31-22-13-16(4-8-23(22)34)54(35,36)11-9-52-58(45,46)47/h3-8,13-15,29,34H,9-12H2,1-2H3,(H,39,40,41)(H,42,43,44)(H,45,46,47)(H,48,49,50)/b32-30+,33-31+. The third-order valence-electron chi connectivity index (χ3n) is 7.50. The fourth-order valence-corrected chi connectivity index (χ4v) is 9.28. The van der Waals surface area contributed by atoms with Crippen molar-refractivity contribution in [3.63, 3.8) is 0 Å². The lowest BCUT2D eigenvalue weighted by Crippen LogP contribution is -2.16. The summed E-state index contributed by atoms with van der Waals surface area (Å²) in [5.41, 5.74) is -2.14. The molecule has 0 bridgehead atoms. The van der Waals surface area contributed by atoms with Crippen molar-refractivity contribution in [2.24, 2.45) is 20.5 Å². The SMILES string of the molecule is CNc1ccc2c(OC)c(/N=N/c3cc(S(=O)(=O)CCOS(=O)(=O)O)ccc3O)c(S(=O)(=O)O)cc2c1/N=N/c1ccc(S(=O)(=O)CCOS(=O)(=O)O)cc1S(=O)(=O)O. The maximum atomic E-state index is 12.8. The molecule has 59 heavy (non-hydrogen) atoms. The first-order valence-electron chi connectivity index (χ1n) is 15.4. The van der Waals surface area contributed by atoms with Gasteiger partial charge < -0.3 is 15.2 Å². The zero-order valence-electron chi connectivity index (χ0n) is 29.6. The van der Waals surface area contributed by atoms with E-state index in [1.165, 1.54) is 19.2 Å². The first-order valence-corrected chi connectivity index (χ1v) is 24.3. The Bertz CT molecular complexity index is 3070. The molecule has 4 rings (SSSR count). The first-order chi connectivity index (χ1) is 27.1. The first kappa shape index (κ1) is 46.9. The van der Waals surface area contributed by atoms with Gasteiger partial charge in [0.05, 0.1) is 47.3 Å². The van der Waals surface area contributed by atoms with E-state index in [9.17, 15) is 64.7 Å². The van der Waals surface area contributed by atoms with Gasteiger partial charge >= 0.3 is 20.8 Å². The zero-order chi connectivity index (χ0) is 44.4. The monoisotopic (exact) mass is 947 g/mol. The van der Waals surface area contributed by atoms with Gasteiger partial charge in [0.25, 0.3) is 20.2 Å². The second-order valence-electron chi connectivity index (χ2n) is 11.3. The number of fused-ring (bicyclic) bond motifs is 1. The van der Waals surface area contributed by atoms with Crippen LogP contribution in [0.1, 0.15) is 0 Å². The van der Waals surface area contributed by atoms with E-state index in [1.54, 1.807) is 0 Å². The number of methoxy groups -OCH3 is 1. The van der Waals surface area contributed by atoms with E-state index >= 15 is 0 Å². The number of ether oxygens (including phenoxy) is 1. The van der Waals surface area contributed by atoms with Crippen LogP contribution in [0, 0.1) is 0 Å². The van der Waals surface area contributed by atoms with Crippen LogP contribution in [0.3, 0.4) is 0 Å². The molecule has 0 aliphatic heterocycles. The summed E-state index contributed by atoms with van der Waals surface area (Å²) in [6, 6.07) is 8.19. The highest BCUT2D eigenvalue weighted by atomic mass is 32.3. The number of anilines is 1. The average molecular weight is 948 g/mol. The van der Waals surface area contributed by atoms with Crippen molar-refractivity contribution in [1.29, 1.82) is 0 Å².